The van der Waals surface area contributed by atoms with Gasteiger partial charge < -0.3 is 15.8 Å². The zero-order valence-electron chi connectivity index (χ0n) is 17.2. The minimum atomic E-state index is -2.87. The number of ether oxygens (including phenoxy) is 1. The van der Waals surface area contributed by atoms with Crippen LogP contribution in [0.3, 0.4) is 0 Å². The minimum absolute atomic E-state index is 0.216. The number of amides is 2. The number of thiophene rings is 1. The molecular weight excluding hydrogens is 412 g/mol. The summed E-state index contributed by atoms with van der Waals surface area (Å²) in [5, 5.41) is 3.03. The molecule has 0 aliphatic rings. The summed E-state index contributed by atoms with van der Waals surface area (Å²) in [5.41, 5.74) is 1.82. The standard InChI is InChI=1S/C19H12F4N2O3S/c1-28-9-4-2-3-8(7-9)11-12(20)14(22)16(15(23)13(11)21)25-19(27)10-5-6-29-17(10)18(24)26/h2-7H,1H3,(H2,24,26)(H,25,27)/i1D3. The molecule has 0 aliphatic carbocycles. The van der Waals surface area contributed by atoms with Crippen molar-refractivity contribution in [2.24, 2.45) is 5.73 Å². The first-order chi connectivity index (χ1) is 14.9. The Morgan fingerprint density at radius 1 is 1.10 bits per heavy atom. The van der Waals surface area contributed by atoms with Crippen LogP contribution >= 0.6 is 11.3 Å². The molecule has 0 saturated heterocycles. The van der Waals surface area contributed by atoms with Gasteiger partial charge in [-0.15, -0.1) is 11.3 Å². The highest BCUT2D eigenvalue weighted by Gasteiger charge is 2.28. The van der Waals surface area contributed by atoms with Crippen LogP contribution in [0.25, 0.3) is 11.1 Å². The Hall–Kier alpha value is -3.40. The normalized spacial score (nSPS) is 12.6. The molecule has 0 radical (unpaired) electrons. The van der Waals surface area contributed by atoms with Crippen molar-refractivity contribution in [3.05, 3.63) is 69.4 Å². The second-order valence-corrected chi connectivity index (χ2v) is 6.53. The lowest BCUT2D eigenvalue weighted by atomic mass is 10.0. The average molecular weight is 427 g/mol. The second-order valence-electron chi connectivity index (χ2n) is 5.62. The van der Waals surface area contributed by atoms with E-state index in [4.69, 9.17) is 9.85 Å². The number of nitrogens with two attached hydrogens (primary N) is 1. The molecule has 2 amide bonds. The highest BCUT2D eigenvalue weighted by Crippen LogP contribution is 2.36. The van der Waals surface area contributed by atoms with Gasteiger partial charge >= 0.3 is 0 Å². The summed E-state index contributed by atoms with van der Waals surface area (Å²) in [7, 11) is -2.87. The average Bonchev–Trinajstić information content (AvgIpc) is 3.19. The first kappa shape index (κ1) is 16.5. The van der Waals surface area contributed by atoms with Gasteiger partial charge in [0.15, 0.2) is 23.3 Å². The molecule has 5 nitrogen and oxygen atoms in total. The summed E-state index contributed by atoms with van der Waals surface area (Å²) >= 11 is 0.793. The van der Waals surface area contributed by atoms with Crippen molar-refractivity contribution in [1.82, 2.24) is 0 Å². The number of nitrogens with one attached hydrogen (secondary N) is 1. The van der Waals surface area contributed by atoms with Crippen LogP contribution in [0.2, 0.25) is 0 Å². The van der Waals surface area contributed by atoms with Crippen LogP contribution in [-0.4, -0.2) is 18.9 Å². The quantitative estimate of drug-likeness (QED) is 0.470. The number of carbonyl (C=O) groups is 2. The fourth-order valence-corrected chi connectivity index (χ4v) is 3.31. The van der Waals surface area contributed by atoms with Gasteiger partial charge in [0, 0.05) is 0 Å². The van der Waals surface area contributed by atoms with Crippen LogP contribution in [0.15, 0.2) is 35.7 Å². The van der Waals surface area contributed by atoms with Crippen LogP contribution in [0, 0.1) is 23.3 Å². The Morgan fingerprint density at radius 3 is 2.41 bits per heavy atom. The number of carbonyl (C=O) groups excluding carboxylic acids is 2. The van der Waals surface area contributed by atoms with Gasteiger partial charge in [-0.3, -0.25) is 9.59 Å². The lowest BCUT2D eigenvalue weighted by molar-refractivity contribution is 0.0980. The summed E-state index contributed by atoms with van der Waals surface area (Å²) in [5.74, 6) is -10.0. The van der Waals surface area contributed by atoms with Gasteiger partial charge in [-0.2, -0.15) is 0 Å². The van der Waals surface area contributed by atoms with E-state index in [-0.39, 0.29) is 16.2 Å². The van der Waals surface area contributed by atoms with Gasteiger partial charge in [0.1, 0.15) is 16.3 Å². The smallest absolute Gasteiger partial charge is 0.259 e. The molecule has 0 saturated carbocycles. The molecule has 0 bridgehead atoms. The maximum absolute atomic E-state index is 14.7. The van der Waals surface area contributed by atoms with E-state index >= 15 is 0 Å². The van der Waals surface area contributed by atoms with Crippen molar-refractivity contribution in [2.75, 3.05) is 12.4 Å². The first-order valence-corrected chi connectivity index (χ1v) is 8.62. The van der Waals surface area contributed by atoms with Crippen LogP contribution < -0.4 is 15.8 Å². The maximum Gasteiger partial charge on any atom is 0.259 e. The maximum atomic E-state index is 14.7. The van der Waals surface area contributed by atoms with Crippen LogP contribution in [-0.2, 0) is 0 Å². The number of primary amides is 1. The largest absolute Gasteiger partial charge is 0.497 e. The van der Waals surface area contributed by atoms with E-state index in [9.17, 15) is 27.2 Å². The van der Waals surface area contributed by atoms with Crippen LogP contribution in [0.1, 0.15) is 24.1 Å². The molecule has 0 unspecified atom stereocenters. The predicted molar refractivity (Wildman–Crippen MR) is 99.1 cm³/mol. The first-order valence-electron chi connectivity index (χ1n) is 9.24. The van der Waals surface area contributed by atoms with E-state index < -0.39 is 58.9 Å². The molecule has 0 spiro atoms. The minimum Gasteiger partial charge on any atom is -0.497 e. The summed E-state index contributed by atoms with van der Waals surface area (Å²) in [6.45, 7) is 0. The molecule has 3 aromatic rings. The molecule has 3 N–H and O–H groups in total. The molecule has 150 valence electrons. The number of hydrogen-bond acceptors (Lipinski definition) is 4. The summed E-state index contributed by atoms with van der Waals surface area (Å²) < 4.78 is 84.5. The summed E-state index contributed by atoms with van der Waals surface area (Å²) in [6, 6.07) is 5.45. The van der Waals surface area contributed by atoms with Gasteiger partial charge in [-0.1, -0.05) is 12.1 Å². The number of anilines is 1. The zero-order valence-corrected chi connectivity index (χ0v) is 15.0. The van der Waals surface area contributed by atoms with Crippen molar-refractivity contribution in [3.63, 3.8) is 0 Å². The van der Waals surface area contributed by atoms with Crippen molar-refractivity contribution in [2.45, 2.75) is 0 Å². The molecule has 1 heterocycles. The van der Waals surface area contributed by atoms with E-state index in [1.165, 1.54) is 17.5 Å². The SMILES string of the molecule is [2H]C([2H])([2H])Oc1cccc(-c2c(F)c(F)c(NC(=O)c3ccsc3C(N)=O)c(F)c2F)c1. The molecule has 0 fully saturated rings. The van der Waals surface area contributed by atoms with Crippen molar-refractivity contribution in [3.8, 4) is 16.9 Å². The van der Waals surface area contributed by atoms with Crippen molar-refractivity contribution >= 4 is 28.8 Å². The van der Waals surface area contributed by atoms with Crippen LogP contribution in [0.4, 0.5) is 23.2 Å². The number of hydrogen-bond donors (Lipinski definition) is 2. The Bertz CT molecular complexity index is 1200. The van der Waals surface area contributed by atoms with Gasteiger partial charge in [0.25, 0.3) is 11.8 Å². The van der Waals surface area contributed by atoms with E-state index in [0.717, 1.165) is 29.5 Å². The molecule has 29 heavy (non-hydrogen) atoms. The van der Waals surface area contributed by atoms with Gasteiger partial charge in [0.2, 0.25) is 0 Å². The lowest BCUT2D eigenvalue weighted by Crippen LogP contribution is -2.20. The van der Waals surface area contributed by atoms with E-state index in [0.29, 0.717) is 0 Å². The molecule has 2 aromatic carbocycles. The van der Waals surface area contributed by atoms with E-state index in [1.807, 2.05) is 0 Å². The van der Waals surface area contributed by atoms with Gasteiger partial charge in [-0.25, -0.2) is 17.6 Å². The van der Waals surface area contributed by atoms with E-state index in [1.54, 1.807) is 5.32 Å². The molecule has 0 aliphatic heterocycles. The van der Waals surface area contributed by atoms with Crippen molar-refractivity contribution < 1.29 is 36.0 Å². The topological polar surface area (TPSA) is 81.4 Å². The highest BCUT2D eigenvalue weighted by molar-refractivity contribution is 7.12. The third kappa shape index (κ3) is 3.66. The Labute approximate surface area is 169 Å². The highest BCUT2D eigenvalue weighted by atomic mass is 32.1. The zero-order chi connectivity index (χ0) is 23.8. The van der Waals surface area contributed by atoms with Crippen molar-refractivity contribution in [1.29, 1.82) is 0 Å². The molecule has 1 aromatic heterocycles. The second kappa shape index (κ2) is 7.92. The van der Waals surface area contributed by atoms with Crippen LogP contribution in [0.5, 0.6) is 5.75 Å². The molecular formula is C19H12F4N2O3S. The third-order valence-electron chi connectivity index (χ3n) is 3.88. The molecule has 10 heteroatoms. The third-order valence-corrected chi connectivity index (χ3v) is 4.81. The summed E-state index contributed by atoms with van der Waals surface area (Å²) in [6.07, 6.45) is 0. The number of halogens is 4. The Kier molecular flexibility index (Phi) is 4.52. The number of benzene rings is 2. The number of methoxy groups -OCH3 is 1. The monoisotopic (exact) mass is 427 g/mol. The van der Waals surface area contributed by atoms with Gasteiger partial charge in [-0.05, 0) is 29.1 Å². The van der Waals surface area contributed by atoms with E-state index in [2.05, 4.69) is 4.74 Å². The van der Waals surface area contributed by atoms with Gasteiger partial charge in [0.05, 0.1) is 22.3 Å². The Morgan fingerprint density at radius 2 is 1.79 bits per heavy atom. The fraction of sp³-hybridized carbons (Fsp3) is 0.0526. The fourth-order valence-electron chi connectivity index (χ4n) is 2.57. The molecule has 0 atom stereocenters. The predicted octanol–water partition coefficient (Wildman–Crippen LogP) is 4.33. The Balaban J connectivity index is 2.04. The molecule has 3 rings (SSSR count). The summed E-state index contributed by atoms with van der Waals surface area (Å²) in [4.78, 5) is 23.4. The number of rotatable bonds is 5. The lowest BCUT2D eigenvalue weighted by Gasteiger charge is -2.13.